The van der Waals surface area contributed by atoms with Crippen molar-refractivity contribution in [3.8, 4) is 10.6 Å². The van der Waals surface area contributed by atoms with Crippen LogP contribution in [0.4, 0.5) is 0 Å². The number of rotatable bonds is 8. The van der Waals surface area contributed by atoms with Crippen molar-refractivity contribution in [1.29, 1.82) is 5.41 Å². The molecule has 0 radical (unpaired) electrons. The fraction of sp³-hybridized carbons (Fsp3) is 0.227. The van der Waals surface area contributed by atoms with Crippen LogP contribution in [0.1, 0.15) is 27.7 Å². The van der Waals surface area contributed by atoms with Crippen LogP contribution in [0.15, 0.2) is 55.0 Å². The second kappa shape index (κ2) is 9.94. The van der Waals surface area contributed by atoms with Gasteiger partial charge in [-0.15, -0.1) is 11.3 Å². The number of carbonyl (C=O) groups excluding carboxylic acids is 2. The van der Waals surface area contributed by atoms with Crippen molar-refractivity contribution < 1.29 is 14.3 Å². The minimum atomic E-state index is -0.609. The number of pyridine rings is 1. The second-order valence-corrected chi connectivity index (χ2v) is 8.01. The van der Waals surface area contributed by atoms with E-state index in [1.807, 2.05) is 12.1 Å². The summed E-state index contributed by atoms with van der Waals surface area (Å²) in [7, 11) is 1.32. The van der Waals surface area contributed by atoms with Gasteiger partial charge in [0.25, 0.3) is 5.91 Å². The zero-order valence-electron chi connectivity index (χ0n) is 17.2. The number of aromatic nitrogens is 2. The zero-order chi connectivity index (χ0) is 22.4. The summed E-state index contributed by atoms with van der Waals surface area (Å²) in [4.78, 5) is 34.0. The molecular formula is C22H23N5O3S. The van der Waals surface area contributed by atoms with E-state index in [2.05, 4.69) is 15.3 Å². The Morgan fingerprint density at radius 3 is 2.74 bits per heavy atom. The first-order valence-corrected chi connectivity index (χ1v) is 10.4. The maximum Gasteiger partial charge on any atom is 0.311 e. The Balaban J connectivity index is 1.73. The Morgan fingerprint density at radius 2 is 2.06 bits per heavy atom. The molecule has 3 aromatic rings. The molecule has 1 aromatic carbocycles. The molecule has 0 aliphatic heterocycles. The van der Waals surface area contributed by atoms with E-state index >= 15 is 0 Å². The lowest BCUT2D eigenvalue weighted by Gasteiger charge is -2.23. The molecule has 31 heavy (non-hydrogen) atoms. The van der Waals surface area contributed by atoms with E-state index in [0.717, 1.165) is 11.1 Å². The minimum absolute atomic E-state index is 0.0487. The van der Waals surface area contributed by atoms with Crippen molar-refractivity contribution in [1.82, 2.24) is 15.3 Å². The number of nitrogens with zero attached hydrogens (tertiary/aromatic N) is 2. The van der Waals surface area contributed by atoms with E-state index in [0.29, 0.717) is 21.9 Å². The summed E-state index contributed by atoms with van der Waals surface area (Å²) in [5, 5.41) is 11.2. The Bertz CT molecular complexity index is 1080. The number of thiazole rings is 1. The number of nitrogen functional groups attached to an aromatic ring is 1. The van der Waals surface area contributed by atoms with Crippen LogP contribution in [0.5, 0.6) is 0 Å². The lowest BCUT2D eigenvalue weighted by atomic mass is 9.92. The molecular weight excluding hydrogens is 414 g/mol. The Hall–Kier alpha value is -3.59. The standard InChI is InChI=1S/C22H23N5O3S/c1-13(17(22(29)30-2)10-14-5-3-6-15(9-14)19(23)24)27-20(28)18-12-26-21(31-18)16-7-4-8-25-11-16/h3-9,11-13,17H,10H2,1-2H3,(H3,23,24)(H,27,28). The maximum atomic E-state index is 12.8. The SMILES string of the molecule is COC(=O)C(Cc1cccc(C(=N)N)c1)C(C)NC(=O)c1cnc(-c2cccnc2)s1. The maximum absolute atomic E-state index is 12.8. The Kier molecular flexibility index (Phi) is 7.09. The van der Waals surface area contributed by atoms with Gasteiger partial charge in [0.2, 0.25) is 0 Å². The van der Waals surface area contributed by atoms with Gasteiger partial charge in [-0.2, -0.15) is 0 Å². The van der Waals surface area contributed by atoms with Gasteiger partial charge in [-0.3, -0.25) is 20.0 Å². The van der Waals surface area contributed by atoms with Crippen LogP contribution in [0, 0.1) is 11.3 Å². The number of amides is 1. The molecule has 160 valence electrons. The topological polar surface area (TPSA) is 131 Å². The predicted octanol–water partition coefficient (Wildman–Crippen LogP) is 2.64. The largest absolute Gasteiger partial charge is 0.469 e. The van der Waals surface area contributed by atoms with Gasteiger partial charge in [0.1, 0.15) is 15.7 Å². The molecule has 0 bridgehead atoms. The summed E-state index contributed by atoms with van der Waals surface area (Å²) in [6.07, 6.45) is 5.20. The average molecular weight is 438 g/mol. The van der Waals surface area contributed by atoms with E-state index in [1.165, 1.54) is 24.6 Å². The number of amidine groups is 1. The van der Waals surface area contributed by atoms with Crippen LogP contribution in [-0.4, -0.2) is 40.8 Å². The molecule has 2 aromatic heterocycles. The third-order valence-electron chi connectivity index (χ3n) is 4.80. The van der Waals surface area contributed by atoms with Gasteiger partial charge >= 0.3 is 5.97 Å². The van der Waals surface area contributed by atoms with Crippen LogP contribution < -0.4 is 11.1 Å². The zero-order valence-corrected chi connectivity index (χ0v) is 18.0. The predicted molar refractivity (Wildman–Crippen MR) is 119 cm³/mol. The Labute approximate surface area is 184 Å². The Morgan fingerprint density at radius 1 is 1.26 bits per heavy atom. The van der Waals surface area contributed by atoms with Crippen molar-refractivity contribution in [3.63, 3.8) is 0 Å². The number of carbonyl (C=O) groups is 2. The van der Waals surface area contributed by atoms with Crippen LogP contribution in [-0.2, 0) is 16.0 Å². The third kappa shape index (κ3) is 5.52. The summed E-state index contributed by atoms with van der Waals surface area (Å²) in [5.41, 5.74) is 7.79. The van der Waals surface area contributed by atoms with Gasteiger partial charge in [-0.25, -0.2) is 4.98 Å². The van der Waals surface area contributed by atoms with E-state index in [4.69, 9.17) is 15.9 Å². The summed E-state index contributed by atoms with van der Waals surface area (Å²) in [6, 6.07) is 10.3. The summed E-state index contributed by atoms with van der Waals surface area (Å²) >= 11 is 1.25. The molecule has 9 heteroatoms. The van der Waals surface area contributed by atoms with Gasteiger partial charge < -0.3 is 15.8 Å². The van der Waals surface area contributed by atoms with Crippen LogP contribution >= 0.6 is 11.3 Å². The molecule has 3 rings (SSSR count). The van der Waals surface area contributed by atoms with Gasteiger partial charge in [0.15, 0.2) is 0 Å². The number of hydrogen-bond donors (Lipinski definition) is 3. The molecule has 0 aliphatic carbocycles. The van der Waals surface area contributed by atoms with Crippen LogP contribution in [0.2, 0.25) is 0 Å². The quantitative estimate of drug-likeness (QED) is 0.282. The average Bonchev–Trinajstić information content (AvgIpc) is 3.28. The number of nitrogens with two attached hydrogens (primary N) is 1. The van der Waals surface area contributed by atoms with E-state index in [9.17, 15) is 9.59 Å². The molecule has 1 amide bonds. The normalized spacial score (nSPS) is 12.6. The van der Waals surface area contributed by atoms with E-state index < -0.39 is 17.9 Å². The third-order valence-corrected chi connectivity index (χ3v) is 5.84. The number of esters is 1. The molecule has 0 saturated carbocycles. The molecule has 4 N–H and O–H groups in total. The van der Waals surface area contributed by atoms with E-state index in [-0.39, 0.29) is 11.7 Å². The monoisotopic (exact) mass is 437 g/mol. The van der Waals surface area contributed by atoms with Gasteiger partial charge in [-0.05, 0) is 37.1 Å². The lowest BCUT2D eigenvalue weighted by molar-refractivity contribution is -0.146. The van der Waals surface area contributed by atoms with Gasteiger partial charge in [-0.1, -0.05) is 18.2 Å². The number of methoxy groups -OCH3 is 1. The second-order valence-electron chi connectivity index (χ2n) is 6.98. The molecule has 0 saturated heterocycles. The molecule has 8 nitrogen and oxygen atoms in total. The van der Waals surface area contributed by atoms with Gasteiger partial charge in [0, 0.05) is 29.6 Å². The first-order valence-electron chi connectivity index (χ1n) is 9.57. The first kappa shape index (κ1) is 22.1. The highest BCUT2D eigenvalue weighted by Gasteiger charge is 2.28. The highest BCUT2D eigenvalue weighted by molar-refractivity contribution is 7.16. The number of nitrogens with one attached hydrogen (secondary N) is 2. The lowest BCUT2D eigenvalue weighted by Crippen LogP contribution is -2.42. The fourth-order valence-corrected chi connectivity index (χ4v) is 3.93. The minimum Gasteiger partial charge on any atom is -0.469 e. The molecule has 0 spiro atoms. The highest BCUT2D eigenvalue weighted by atomic mass is 32.1. The van der Waals surface area contributed by atoms with Crippen molar-refractivity contribution in [2.75, 3.05) is 7.11 Å². The molecule has 2 heterocycles. The molecule has 0 fully saturated rings. The number of ether oxygens (including phenoxy) is 1. The summed E-state index contributed by atoms with van der Waals surface area (Å²) < 4.78 is 4.96. The van der Waals surface area contributed by atoms with Crippen molar-refractivity contribution in [2.45, 2.75) is 19.4 Å². The molecule has 2 atom stereocenters. The fourth-order valence-electron chi connectivity index (χ4n) is 3.12. The highest BCUT2D eigenvalue weighted by Crippen LogP contribution is 2.24. The van der Waals surface area contributed by atoms with Gasteiger partial charge in [0.05, 0.1) is 19.2 Å². The van der Waals surface area contributed by atoms with Crippen LogP contribution in [0.25, 0.3) is 10.6 Å². The summed E-state index contributed by atoms with van der Waals surface area (Å²) in [5.74, 6) is -1.40. The van der Waals surface area contributed by atoms with Crippen molar-refractivity contribution >= 4 is 29.0 Å². The summed E-state index contributed by atoms with van der Waals surface area (Å²) in [6.45, 7) is 1.76. The van der Waals surface area contributed by atoms with E-state index in [1.54, 1.807) is 43.6 Å². The molecule has 0 aliphatic rings. The molecule has 2 unspecified atom stereocenters. The van der Waals surface area contributed by atoms with Crippen LogP contribution in [0.3, 0.4) is 0 Å². The smallest absolute Gasteiger partial charge is 0.311 e. The number of benzene rings is 1. The number of hydrogen-bond acceptors (Lipinski definition) is 7. The van der Waals surface area contributed by atoms with Crippen molar-refractivity contribution in [3.05, 3.63) is 71.0 Å². The van der Waals surface area contributed by atoms with Crippen molar-refractivity contribution in [2.24, 2.45) is 11.7 Å². The first-order chi connectivity index (χ1) is 14.9.